The Morgan fingerprint density at radius 2 is 1.64 bits per heavy atom. The van der Waals surface area contributed by atoms with E-state index in [1.54, 1.807) is 6.07 Å². The van der Waals surface area contributed by atoms with Crippen molar-refractivity contribution in [2.24, 2.45) is 0 Å². The highest BCUT2D eigenvalue weighted by molar-refractivity contribution is 5.77. The van der Waals surface area contributed by atoms with E-state index in [1.807, 2.05) is 19.1 Å². The summed E-state index contributed by atoms with van der Waals surface area (Å²) in [4.78, 5) is 11.3. The largest absolute Gasteiger partial charge is 0.508 e. The van der Waals surface area contributed by atoms with Crippen molar-refractivity contribution in [3.8, 4) is 5.75 Å². The summed E-state index contributed by atoms with van der Waals surface area (Å²) >= 11 is 0. The zero-order chi connectivity index (χ0) is 18.7. The van der Waals surface area contributed by atoms with Crippen LogP contribution in [0.5, 0.6) is 5.75 Å². The van der Waals surface area contributed by atoms with Crippen LogP contribution in [0, 0.1) is 0 Å². The third-order valence-electron chi connectivity index (χ3n) is 5.15. The van der Waals surface area contributed by atoms with Crippen LogP contribution in [-0.2, 0) is 4.79 Å². The number of aliphatic carboxylic acids is 1. The van der Waals surface area contributed by atoms with E-state index < -0.39 is 11.9 Å². The van der Waals surface area contributed by atoms with Crippen molar-refractivity contribution >= 4 is 5.97 Å². The number of carboxylic acid groups (broad SMARTS) is 1. The first-order valence-corrected chi connectivity index (χ1v) is 10.1. The number of phenols is 1. The second kappa shape index (κ2) is 11.9. The van der Waals surface area contributed by atoms with Crippen molar-refractivity contribution in [3.63, 3.8) is 0 Å². The lowest BCUT2D eigenvalue weighted by Gasteiger charge is -2.19. The van der Waals surface area contributed by atoms with Gasteiger partial charge in [-0.05, 0) is 36.8 Å². The van der Waals surface area contributed by atoms with Crippen LogP contribution >= 0.6 is 0 Å². The summed E-state index contributed by atoms with van der Waals surface area (Å²) in [7, 11) is 0. The number of carbonyl (C=O) groups is 1. The fraction of sp³-hybridized carbons (Fsp3) is 0.682. The standard InChI is InChI=1S/C22H36O3/c1-4-7-8-9-10-11-13-17(12-5-2)18-14-15-20(21(23)16-18)19(6-3)22(24)25/h14-17,19,23H,4-13H2,1-3H3,(H,24,25)/t17?,19-/m1/s1. The van der Waals surface area contributed by atoms with Crippen LogP contribution in [0.15, 0.2) is 18.2 Å². The highest BCUT2D eigenvalue weighted by atomic mass is 16.4. The molecule has 1 rings (SSSR count). The van der Waals surface area contributed by atoms with E-state index in [0.29, 0.717) is 17.9 Å². The van der Waals surface area contributed by atoms with Gasteiger partial charge in [0.1, 0.15) is 5.75 Å². The van der Waals surface area contributed by atoms with E-state index in [9.17, 15) is 15.0 Å². The number of hydrogen-bond acceptors (Lipinski definition) is 2. The van der Waals surface area contributed by atoms with Crippen LogP contribution in [-0.4, -0.2) is 16.2 Å². The molecule has 1 aromatic carbocycles. The van der Waals surface area contributed by atoms with Gasteiger partial charge in [0.2, 0.25) is 0 Å². The first kappa shape index (κ1) is 21.5. The van der Waals surface area contributed by atoms with Crippen LogP contribution < -0.4 is 0 Å². The van der Waals surface area contributed by atoms with Gasteiger partial charge < -0.3 is 10.2 Å². The monoisotopic (exact) mass is 348 g/mol. The Bertz CT molecular complexity index is 510. The minimum atomic E-state index is -0.872. The van der Waals surface area contributed by atoms with Crippen molar-refractivity contribution in [2.75, 3.05) is 0 Å². The number of aromatic hydroxyl groups is 1. The molecule has 2 N–H and O–H groups in total. The van der Waals surface area contributed by atoms with Crippen LogP contribution in [0.3, 0.4) is 0 Å². The summed E-state index contributed by atoms with van der Waals surface area (Å²) in [5.41, 5.74) is 1.69. The van der Waals surface area contributed by atoms with E-state index in [0.717, 1.165) is 24.8 Å². The number of phenolic OH excluding ortho intramolecular Hbond substituents is 1. The molecule has 0 amide bonds. The SMILES string of the molecule is CCCCCCCCC(CCC)c1ccc([C@@H](CC)C(=O)O)c(O)c1. The summed E-state index contributed by atoms with van der Waals surface area (Å²) in [6, 6.07) is 5.65. The average molecular weight is 349 g/mol. The van der Waals surface area contributed by atoms with Crippen LogP contribution in [0.1, 0.15) is 108 Å². The second-order valence-corrected chi connectivity index (χ2v) is 7.16. The molecule has 0 spiro atoms. The molecule has 0 saturated carbocycles. The lowest BCUT2D eigenvalue weighted by Crippen LogP contribution is -2.11. The van der Waals surface area contributed by atoms with E-state index in [4.69, 9.17) is 0 Å². The van der Waals surface area contributed by atoms with Crippen molar-refractivity contribution in [2.45, 2.75) is 96.8 Å². The smallest absolute Gasteiger partial charge is 0.311 e. The van der Waals surface area contributed by atoms with Crippen molar-refractivity contribution < 1.29 is 15.0 Å². The van der Waals surface area contributed by atoms with Crippen LogP contribution in [0.4, 0.5) is 0 Å². The molecule has 1 aromatic rings. The maximum Gasteiger partial charge on any atom is 0.311 e. The molecule has 0 aliphatic rings. The molecule has 25 heavy (non-hydrogen) atoms. The van der Waals surface area contributed by atoms with Gasteiger partial charge in [0.15, 0.2) is 0 Å². The highest BCUT2D eigenvalue weighted by Crippen LogP contribution is 2.34. The fourth-order valence-corrected chi connectivity index (χ4v) is 3.63. The third kappa shape index (κ3) is 7.09. The minimum Gasteiger partial charge on any atom is -0.508 e. The molecular formula is C22H36O3. The fourth-order valence-electron chi connectivity index (χ4n) is 3.63. The molecule has 0 aliphatic heterocycles. The topological polar surface area (TPSA) is 57.5 Å². The molecular weight excluding hydrogens is 312 g/mol. The normalized spacial score (nSPS) is 13.6. The van der Waals surface area contributed by atoms with E-state index >= 15 is 0 Å². The molecule has 3 heteroatoms. The molecule has 1 unspecified atom stereocenters. The number of benzene rings is 1. The second-order valence-electron chi connectivity index (χ2n) is 7.16. The minimum absolute atomic E-state index is 0.135. The molecule has 0 fully saturated rings. The summed E-state index contributed by atoms with van der Waals surface area (Å²) in [5.74, 6) is -0.906. The number of unbranched alkanes of at least 4 members (excludes halogenated alkanes) is 5. The first-order chi connectivity index (χ1) is 12.0. The molecule has 3 nitrogen and oxygen atoms in total. The predicted octanol–water partition coefficient (Wildman–Crippen LogP) is 6.60. The molecule has 0 heterocycles. The van der Waals surface area contributed by atoms with Crippen molar-refractivity contribution in [1.82, 2.24) is 0 Å². The van der Waals surface area contributed by atoms with Crippen molar-refractivity contribution in [1.29, 1.82) is 0 Å². The molecule has 0 bridgehead atoms. The average Bonchev–Trinajstić information content (AvgIpc) is 2.58. The Morgan fingerprint density at radius 1 is 0.960 bits per heavy atom. The maximum absolute atomic E-state index is 11.3. The molecule has 0 aromatic heterocycles. The first-order valence-electron chi connectivity index (χ1n) is 10.1. The zero-order valence-electron chi connectivity index (χ0n) is 16.3. The van der Waals surface area contributed by atoms with E-state index in [2.05, 4.69) is 13.8 Å². The summed E-state index contributed by atoms with van der Waals surface area (Å²) in [6.07, 6.45) is 11.6. The van der Waals surface area contributed by atoms with Gasteiger partial charge in [-0.15, -0.1) is 0 Å². The van der Waals surface area contributed by atoms with E-state index in [-0.39, 0.29) is 5.75 Å². The highest BCUT2D eigenvalue weighted by Gasteiger charge is 2.22. The molecule has 0 radical (unpaired) electrons. The van der Waals surface area contributed by atoms with Gasteiger partial charge in [-0.2, -0.15) is 0 Å². The number of rotatable bonds is 13. The Labute approximate surface area is 153 Å². The Morgan fingerprint density at radius 3 is 2.20 bits per heavy atom. The van der Waals surface area contributed by atoms with Gasteiger partial charge in [-0.25, -0.2) is 0 Å². The van der Waals surface area contributed by atoms with Gasteiger partial charge in [0.05, 0.1) is 5.92 Å². The third-order valence-corrected chi connectivity index (χ3v) is 5.15. The van der Waals surface area contributed by atoms with Gasteiger partial charge in [-0.3, -0.25) is 4.79 Å². The summed E-state index contributed by atoms with van der Waals surface area (Å²) < 4.78 is 0. The lowest BCUT2D eigenvalue weighted by molar-refractivity contribution is -0.138. The van der Waals surface area contributed by atoms with Gasteiger partial charge in [-0.1, -0.05) is 77.8 Å². The van der Waals surface area contributed by atoms with Gasteiger partial charge in [0, 0.05) is 5.56 Å². The molecule has 0 aliphatic carbocycles. The lowest BCUT2D eigenvalue weighted by atomic mass is 9.86. The van der Waals surface area contributed by atoms with Gasteiger partial charge in [0.25, 0.3) is 0 Å². The predicted molar refractivity (Wildman–Crippen MR) is 104 cm³/mol. The molecule has 0 saturated heterocycles. The van der Waals surface area contributed by atoms with Crippen LogP contribution in [0.25, 0.3) is 0 Å². The van der Waals surface area contributed by atoms with Gasteiger partial charge >= 0.3 is 5.97 Å². The maximum atomic E-state index is 11.3. The Kier molecular flexibility index (Phi) is 10.3. The number of hydrogen-bond donors (Lipinski definition) is 2. The Balaban J connectivity index is 2.73. The molecule has 2 atom stereocenters. The van der Waals surface area contributed by atoms with Crippen molar-refractivity contribution in [3.05, 3.63) is 29.3 Å². The zero-order valence-corrected chi connectivity index (χ0v) is 16.3. The molecule has 142 valence electrons. The van der Waals surface area contributed by atoms with E-state index in [1.165, 1.54) is 38.5 Å². The summed E-state index contributed by atoms with van der Waals surface area (Å²) in [5, 5.41) is 19.7. The summed E-state index contributed by atoms with van der Waals surface area (Å²) in [6.45, 7) is 6.27. The van der Waals surface area contributed by atoms with Crippen LogP contribution in [0.2, 0.25) is 0 Å². The number of carboxylic acids is 1. The quantitative estimate of drug-likeness (QED) is 0.395. The Hall–Kier alpha value is -1.51.